The van der Waals surface area contributed by atoms with Gasteiger partial charge in [0.1, 0.15) is 0 Å². The number of pyridine rings is 4. The summed E-state index contributed by atoms with van der Waals surface area (Å²) in [6.45, 7) is 0. The second-order valence-electron chi connectivity index (χ2n) is 26.3. The molecule has 0 saturated carbocycles. The number of hydrogen-bond donors (Lipinski definition) is 0. The molecule has 125 heavy (non-hydrogen) atoms. The number of benzene rings is 12. The zero-order valence-corrected chi connectivity index (χ0v) is 70.6. The van der Waals surface area contributed by atoms with Crippen LogP contribution < -0.4 is 19.6 Å². The van der Waals surface area contributed by atoms with Gasteiger partial charge in [-0.25, -0.2) is 19.9 Å². The predicted octanol–water partition coefficient (Wildman–Crippen LogP) is 35.3. The standard InChI is InChI=1S/2C50H38N4.Cu.4F3P/c2*1-5-17-43(18-6-1)53(44-19-7-2-8-20-44)47-35-29-39(30-36-47)27-33-41-15-13-25-49(51-41)50-26-14-16-42(52-50)34-28-40-31-37-48(38-32-40)54(45-21-9-3-10-22-45)46-23-11-4-12-24-46;;4*1-4(2)3/h2*1-38H;;;;;/b2*33-27+,34-28+;;;;;. The molecule has 4 aromatic heterocycles. The quantitative estimate of drug-likeness (QED) is 0.0378. The van der Waals surface area contributed by atoms with Gasteiger partial charge in [0.05, 0.1) is 45.6 Å². The van der Waals surface area contributed by atoms with Crippen molar-refractivity contribution >= 4 is 152 Å². The molecule has 16 aromatic rings. The van der Waals surface area contributed by atoms with Crippen LogP contribution in [0.1, 0.15) is 45.0 Å². The minimum atomic E-state index is -4.12. The maximum Gasteiger partial charge on any atom is 0.456 e. The van der Waals surface area contributed by atoms with Gasteiger partial charge < -0.3 is 19.6 Å². The van der Waals surface area contributed by atoms with E-state index in [1.807, 2.05) is 121 Å². The van der Waals surface area contributed by atoms with Crippen molar-refractivity contribution < 1.29 is 67.4 Å². The first kappa shape index (κ1) is 94.1. The average Bonchev–Trinajstić information content (AvgIpc) is 0.823. The molecule has 25 heteroatoms. The number of nitrogens with zero attached hydrogens (tertiary/aromatic N) is 8. The van der Waals surface area contributed by atoms with Crippen LogP contribution in [-0.4, -0.2) is 19.9 Å². The van der Waals surface area contributed by atoms with Gasteiger partial charge >= 0.3 is 35.4 Å². The molecule has 0 aliphatic carbocycles. The fourth-order valence-corrected chi connectivity index (χ4v) is 12.8. The maximum atomic E-state index is 9.73. The second-order valence-corrected chi connectivity index (χ2v) is 27.8. The summed E-state index contributed by atoms with van der Waals surface area (Å²) in [5, 5.41) is 0. The van der Waals surface area contributed by atoms with Gasteiger partial charge in [0.25, 0.3) is 0 Å². The van der Waals surface area contributed by atoms with Gasteiger partial charge in [-0.05, 0) is 241 Å². The molecule has 0 bridgehead atoms. The van der Waals surface area contributed by atoms with Crippen LogP contribution in [0.3, 0.4) is 0 Å². The summed E-state index contributed by atoms with van der Waals surface area (Å²) in [4.78, 5) is 28.8. The van der Waals surface area contributed by atoms with E-state index in [9.17, 15) is 50.4 Å². The molecule has 631 valence electrons. The summed E-state index contributed by atoms with van der Waals surface area (Å²) in [5.74, 6) is 0. The van der Waals surface area contributed by atoms with Crippen molar-refractivity contribution in [3.63, 3.8) is 0 Å². The maximum absolute atomic E-state index is 9.73. The average molecular weight is 1810 g/mol. The van der Waals surface area contributed by atoms with Crippen LogP contribution in [0.15, 0.2) is 413 Å². The summed E-state index contributed by atoms with van der Waals surface area (Å²) in [7, 11) is -16.5. The third-order valence-corrected chi connectivity index (χ3v) is 18.1. The SMILES string of the molecule is C(=C\c1cccc(-c2cccc(/C=C/c3ccc(N(c4ccccc4)c4ccccc4)cc3)n2)n1)/c1ccc(N(c2ccccc2)c2ccccc2)cc1.C(=C\c1cccc(-c2cccc(/C=C/c3ccc(N(c4ccccc4)c4ccccc4)cc3)n2)n1)/c1ccc(N(c2ccccc2)c2ccccc2)cc1.FP(F)F.FP(F)F.FP(F)F.FP(F)F.[Cu]. The number of rotatable bonds is 22. The molecule has 8 nitrogen and oxygen atoms in total. The largest absolute Gasteiger partial charge is 0.456 e. The Labute approximate surface area is 734 Å². The van der Waals surface area contributed by atoms with E-state index in [1.165, 1.54) is 0 Å². The Kier molecular flexibility index (Phi) is 37.9. The van der Waals surface area contributed by atoms with Crippen molar-refractivity contribution in [2.24, 2.45) is 0 Å². The monoisotopic (exact) mass is 1800 g/mol. The van der Waals surface area contributed by atoms with E-state index in [4.69, 9.17) is 19.9 Å². The summed E-state index contributed by atoms with van der Waals surface area (Å²) in [5.41, 5.74) is 24.5. The molecule has 0 N–H and O–H groups in total. The third-order valence-electron chi connectivity index (χ3n) is 18.1. The second kappa shape index (κ2) is 50.4. The number of anilines is 12. The van der Waals surface area contributed by atoms with Crippen LogP contribution in [0.25, 0.3) is 71.4 Å². The van der Waals surface area contributed by atoms with Crippen molar-refractivity contribution in [3.8, 4) is 22.8 Å². The Morgan fingerprint density at radius 1 is 0.152 bits per heavy atom. The third kappa shape index (κ3) is 30.7. The van der Waals surface area contributed by atoms with Gasteiger partial charge in [-0.1, -0.05) is 243 Å². The molecule has 0 unspecified atom stereocenters. The normalized spacial score (nSPS) is 10.8. The molecule has 0 spiro atoms. The van der Waals surface area contributed by atoms with Crippen LogP contribution in [0.5, 0.6) is 0 Å². The molecule has 0 aliphatic heterocycles. The van der Waals surface area contributed by atoms with Crippen LogP contribution >= 0.6 is 35.4 Å². The van der Waals surface area contributed by atoms with E-state index in [1.54, 1.807) is 0 Å². The first-order valence-electron chi connectivity index (χ1n) is 38.2. The summed E-state index contributed by atoms with van der Waals surface area (Å²) >= 11 is 0. The number of hydrogen-bond acceptors (Lipinski definition) is 8. The van der Waals surface area contributed by atoms with Crippen LogP contribution in [-0.2, 0) is 17.1 Å². The molecule has 0 saturated heterocycles. The Hall–Kier alpha value is -13.2. The van der Waals surface area contributed by atoms with Gasteiger partial charge in [0.2, 0.25) is 0 Å². The van der Waals surface area contributed by atoms with Gasteiger partial charge in [-0.15, -0.1) is 0 Å². The molecule has 4 heterocycles. The van der Waals surface area contributed by atoms with Crippen LogP contribution in [0.2, 0.25) is 0 Å². The van der Waals surface area contributed by atoms with Gasteiger partial charge in [-0.3, -0.25) is 0 Å². The molecular weight excluding hydrogens is 1730 g/mol. The van der Waals surface area contributed by atoms with Gasteiger partial charge in [0.15, 0.2) is 0 Å². The van der Waals surface area contributed by atoms with E-state index in [0.717, 1.165) is 136 Å². The summed E-state index contributed by atoms with van der Waals surface area (Å²) < 4.78 is 117. The van der Waals surface area contributed by atoms with Crippen molar-refractivity contribution in [1.29, 1.82) is 0 Å². The first-order valence-corrected chi connectivity index (χ1v) is 42.2. The van der Waals surface area contributed by atoms with E-state index in [-0.39, 0.29) is 17.1 Å². The van der Waals surface area contributed by atoms with Gasteiger partial charge in [0, 0.05) is 85.3 Å². The predicted molar refractivity (Wildman–Crippen MR) is 496 cm³/mol. The number of aromatic nitrogens is 4. The Balaban J connectivity index is 0.000000221. The minimum Gasteiger partial charge on any atom is -0.311 e. The van der Waals surface area contributed by atoms with Crippen molar-refractivity contribution in [2.45, 2.75) is 0 Å². The van der Waals surface area contributed by atoms with Crippen LogP contribution in [0.4, 0.5) is 119 Å². The first-order chi connectivity index (χ1) is 60.5. The topological polar surface area (TPSA) is 64.5 Å². The molecular formula is C100H76CuF12N8P4. The molecule has 1 radical (unpaired) electrons. The Bertz CT molecular complexity index is 5050. The van der Waals surface area contributed by atoms with Crippen molar-refractivity contribution in [3.05, 3.63) is 458 Å². The van der Waals surface area contributed by atoms with E-state index < -0.39 is 35.4 Å². The van der Waals surface area contributed by atoms with Crippen molar-refractivity contribution in [1.82, 2.24) is 19.9 Å². The summed E-state index contributed by atoms with van der Waals surface area (Å²) in [6.07, 6.45) is 16.6. The van der Waals surface area contributed by atoms with E-state index in [0.29, 0.717) is 0 Å². The van der Waals surface area contributed by atoms with E-state index >= 15 is 0 Å². The molecule has 0 atom stereocenters. The minimum absolute atomic E-state index is 0. The smallest absolute Gasteiger partial charge is 0.311 e. The summed E-state index contributed by atoms with van der Waals surface area (Å²) in [6, 6.07) is 142. The van der Waals surface area contributed by atoms with Gasteiger partial charge in [-0.2, -0.15) is 50.4 Å². The molecule has 12 aromatic carbocycles. The van der Waals surface area contributed by atoms with Crippen LogP contribution in [0, 0.1) is 0 Å². The molecule has 0 amide bonds. The molecule has 0 aliphatic rings. The van der Waals surface area contributed by atoms with E-state index in [2.05, 4.69) is 359 Å². The number of halogens is 12. The van der Waals surface area contributed by atoms with Crippen molar-refractivity contribution in [2.75, 3.05) is 19.6 Å². The number of para-hydroxylation sites is 8. The fourth-order valence-electron chi connectivity index (χ4n) is 12.8. The molecule has 16 rings (SSSR count). The fraction of sp³-hybridized carbons (Fsp3) is 0. The zero-order valence-electron chi connectivity index (χ0n) is 66.1. The Morgan fingerprint density at radius 2 is 0.280 bits per heavy atom. The zero-order chi connectivity index (χ0) is 87.0. The Morgan fingerprint density at radius 3 is 0.416 bits per heavy atom. The molecule has 0 fully saturated rings.